The molecular formula is C22H25N3O2. The predicted molar refractivity (Wildman–Crippen MR) is 109 cm³/mol. The highest BCUT2D eigenvalue weighted by molar-refractivity contribution is 5.93. The molecule has 5 nitrogen and oxygen atoms in total. The average Bonchev–Trinajstić information content (AvgIpc) is 2.68. The van der Waals surface area contributed by atoms with Gasteiger partial charge in [-0.1, -0.05) is 32.0 Å². The summed E-state index contributed by atoms with van der Waals surface area (Å²) in [4.78, 5) is 20.6. The van der Waals surface area contributed by atoms with Crippen LogP contribution in [-0.2, 0) is 4.74 Å². The molecule has 1 aromatic heterocycles. The summed E-state index contributed by atoms with van der Waals surface area (Å²) < 4.78 is 5.04. The number of hydrogen-bond acceptors (Lipinski definition) is 5. The number of aromatic nitrogens is 2. The van der Waals surface area contributed by atoms with E-state index in [1.54, 1.807) is 25.4 Å². The predicted octanol–water partition coefficient (Wildman–Crippen LogP) is 4.93. The lowest BCUT2D eigenvalue weighted by Crippen LogP contribution is -2.07. The topological polar surface area (TPSA) is 64.1 Å². The minimum Gasteiger partial charge on any atom is -0.462 e. The molecule has 0 aliphatic rings. The first kappa shape index (κ1) is 18.8. The van der Waals surface area contributed by atoms with Crippen molar-refractivity contribution in [1.29, 1.82) is 0 Å². The normalized spacial score (nSPS) is 11.0. The molecule has 0 atom stereocenters. The molecule has 0 unspecified atom stereocenters. The Morgan fingerprint density at radius 2 is 1.81 bits per heavy atom. The molecular weight excluding hydrogens is 338 g/mol. The number of carbonyl (C=O) groups is 1. The first-order chi connectivity index (χ1) is 13.1. The van der Waals surface area contributed by atoms with Crippen LogP contribution in [0.25, 0.3) is 22.0 Å². The fourth-order valence-electron chi connectivity index (χ4n) is 2.87. The molecule has 1 heterocycles. The van der Waals surface area contributed by atoms with Crippen molar-refractivity contribution in [3.05, 3.63) is 54.4 Å². The van der Waals surface area contributed by atoms with Crippen LogP contribution in [0.2, 0.25) is 0 Å². The Labute approximate surface area is 159 Å². The van der Waals surface area contributed by atoms with E-state index in [1.165, 1.54) is 0 Å². The van der Waals surface area contributed by atoms with Crippen LogP contribution in [0.1, 0.15) is 37.6 Å². The van der Waals surface area contributed by atoms with Gasteiger partial charge in [0.2, 0.25) is 0 Å². The van der Waals surface area contributed by atoms with Gasteiger partial charge in [0.05, 0.1) is 17.7 Å². The van der Waals surface area contributed by atoms with Gasteiger partial charge in [0.25, 0.3) is 0 Å². The quantitative estimate of drug-likeness (QED) is 0.603. The van der Waals surface area contributed by atoms with E-state index >= 15 is 0 Å². The van der Waals surface area contributed by atoms with Crippen LogP contribution < -0.4 is 5.32 Å². The minimum atomic E-state index is -0.299. The third-order valence-electron chi connectivity index (χ3n) is 4.38. The number of nitrogens with one attached hydrogen (secondary N) is 1. The Balaban J connectivity index is 1.88. The van der Waals surface area contributed by atoms with Gasteiger partial charge < -0.3 is 10.1 Å². The first-order valence-corrected chi connectivity index (χ1v) is 9.34. The van der Waals surface area contributed by atoms with Crippen molar-refractivity contribution in [2.24, 2.45) is 5.92 Å². The number of benzene rings is 2. The van der Waals surface area contributed by atoms with Crippen LogP contribution >= 0.6 is 0 Å². The number of hydrogen-bond donors (Lipinski definition) is 1. The number of esters is 1. The maximum atomic E-state index is 11.8. The van der Waals surface area contributed by atoms with Gasteiger partial charge in [0.15, 0.2) is 0 Å². The zero-order valence-electron chi connectivity index (χ0n) is 16.0. The van der Waals surface area contributed by atoms with E-state index in [4.69, 9.17) is 4.74 Å². The third kappa shape index (κ3) is 4.61. The SMILES string of the molecule is CCOC(=O)c1ccc(-c2ccc3ncnc(NCCC(C)C)c3c2)cc1. The molecule has 0 aliphatic heterocycles. The van der Waals surface area contributed by atoms with E-state index in [2.05, 4.69) is 35.2 Å². The lowest BCUT2D eigenvalue weighted by atomic mass is 10.0. The number of nitrogens with zero attached hydrogens (tertiary/aromatic N) is 2. The van der Waals surface area contributed by atoms with E-state index in [-0.39, 0.29) is 5.97 Å². The van der Waals surface area contributed by atoms with Crippen LogP contribution in [0.5, 0.6) is 0 Å². The molecule has 140 valence electrons. The summed E-state index contributed by atoms with van der Waals surface area (Å²) in [6.45, 7) is 7.46. The maximum Gasteiger partial charge on any atom is 0.338 e. The number of rotatable bonds is 7. The van der Waals surface area contributed by atoms with Gasteiger partial charge >= 0.3 is 5.97 Å². The fourth-order valence-corrected chi connectivity index (χ4v) is 2.87. The molecule has 3 rings (SSSR count). The monoisotopic (exact) mass is 363 g/mol. The van der Waals surface area contributed by atoms with E-state index in [1.807, 2.05) is 24.3 Å². The van der Waals surface area contributed by atoms with Gasteiger partial charge in [-0.05, 0) is 54.7 Å². The van der Waals surface area contributed by atoms with Crippen LogP contribution in [0.3, 0.4) is 0 Å². The minimum absolute atomic E-state index is 0.299. The van der Waals surface area contributed by atoms with E-state index < -0.39 is 0 Å². The highest BCUT2D eigenvalue weighted by Gasteiger charge is 2.09. The van der Waals surface area contributed by atoms with Gasteiger partial charge in [-0.15, -0.1) is 0 Å². The first-order valence-electron chi connectivity index (χ1n) is 9.34. The van der Waals surface area contributed by atoms with Crippen molar-refractivity contribution in [3.8, 4) is 11.1 Å². The van der Waals surface area contributed by atoms with Crippen LogP contribution in [0.4, 0.5) is 5.82 Å². The smallest absolute Gasteiger partial charge is 0.338 e. The molecule has 0 fully saturated rings. The highest BCUT2D eigenvalue weighted by Crippen LogP contribution is 2.27. The average molecular weight is 363 g/mol. The van der Waals surface area contributed by atoms with Gasteiger partial charge in [-0.2, -0.15) is 0 Å². The maximum absolute atomic E-state index is 11.8. The molecule has 0 aliphatic carbocycles. The summed E-state index contributed by atoms with van der Waals surface area (Å²) in [7, 11) is 0. The number of anilines is 1. The van der Waals surface area contributed by atoms with E-state index in [9.17, 15) is 4.79 Å². The van der Waals surface area contributed by atoms with Gasteiger partial charge in [0.1, 0.15) is 12.1 Å². The van der Waals surface area contributed by atoms with Gasteiger partial charge in [0, 0.05) is 11.9 Å². The number of carbonyl (C=O) groups excluding carboxylic acids is 1. The molecule has 0 bridgehead atoms. The zero-order valence-corrected chi connectivity index (χ0v) is 16.0. The summed E-state index contributed by atoms with van der Waals surface area (Å²) in [5.41, 5.74) is 3.55. The fraction of sp³-hybridized carbons (Fsp3) is 0.318. The summed E-state index contributed by atoms with van der Waals surface area (Å²) in [5.74, 6) is 1.19. The second kappa shape index (κ2) is 8.62. The molecule has 27 heavy (non-hydrogen) atoms. The summed E-state index contributed by atoms with van der Waals surface area (Å²) in [6, 6.07) is 13.6. The molecule has 3 aromatic rings. The van der Waals surface area contributed by atoms with Crippen molar-refractivity contribution in [2.45, 2.75) is 27.2 Å². The molecule has 0 spiro atoms. The molecule has 1 N–H and O–H groups in total. The third-order valence-corrected chi connectivity index (χ3v) is 4.38. The second-order valence-corrected chi connectivity index (χ2v) is 6.86. The van der Waals surface area contributed by atoms with Crippen LogP contribution in [-0.4, -0.2) is 29.1 Å². The Kier molecular flexibility index (Phi) is 6.01. The van der Waals surface area contributed by atoms with Crippen molar-refractivity contribution in [1.82, 2.24) is 9.97 Å². The number of fused-ring (bicyclic) bond motifs is 1. The second-order valence-electron chi connectivity index (χ2n) is 6.86. The highest BCUT2D eigenvalue weighted by atomic mass is 16.5. The lowest BCUT2D eigenvalue weighted by molar-refractivity contribution is 0.0526. The Bertz CT molecular complexity index is 920. The van der Waals surface area contributed by atoms with E-state index in [0.29, 0.717) is 18.1 Å². The van der Waals surface area contributed by atoms with Crippen molar-refractivity contribution < 1.29 is 9.53 Å². The molecule has 0 radical (unpaired) electrons. The number of ether oxygens (including phenoxy) is 1. The van der Waals surface area contributed by atoms with Crippen molar-refractivity contribution in [2.75, 3.05) is 18.5 Å². The molecule has 5 heteroatoms. The standard InChI is InChI=1S/C22H25N3O2/c1-4-27-22(26)17-7-5-16(6-8-17)18-9-10-20-19(13-18)21(25-14-24-20)23-12-11-15(2)3/h5-10,13-15H,4,11-12H2,1-3H3,(H,23,24,25). The Morgan fingerprint density at radius 3 is 2.52 bits per heavy atom. The molecule has 0 amide bonds. The summed E-state index contributed by atoms with van der Waals surface area (Å²) >= 11 is 0. The van der Waals surface area contributed by atoms with E-state index in [0.717, 1.165) is 40.8 Å². The van der Waals surface area contributed by atoms with Crippen LogP contribution in [0, 0.1) is 5.92 Å². The Hall–Kier alpha value is -2.95. The molecule has 2 aromatic carbocycles. The molecule has 0 saturated carbocycles. The van der Waals surface area contributed by atoms with Crippen molar-refractivity contribution in [3.63, 3.8) is 0 Å². The largest absolute Gasteiger partial charge is 0.462 e. The van der Waals surface area contributed by atoms with Crippen molar-refractivity contribution >= 4 is 22.7 Å². The van der Waals surface area contributed by atoms with Crippen LogP contribution in [0.15, 0.2) is 48.8 Å². The van der Waals surface area contributed by atoms with Gasteiger partial charge in [-0.3, -0.25) is 0 Å². The zero-order chi connectivity index (χ0) is 19.2. The Morgan fingerprint density at radius 1 is 1.07 bits per heavy atom. The summed E-state index contributed by atoms with van der Waals surface area (Å²) in [6.07, 6.45) is 2.67. The lowest BCUT2D eigenvalue weighted by Gasteiger charge is -2.11. The van der Waals surface area contributed by atoms with Gasteiger partial charge in [-0.25, -0.2) is 14.8 Å². The molecule has 0 saturated heterocycles. The summed E-state index contributed by atoms with van der Waals surface area (Å²) in [5, 5.41) is 4.42.